The van der Waals surface area contributed by atoms with Crippen molar-refractivity contribution in [3.05, 3.63) is 78.4 Å². The maximum absolute atomic E-state index is 12.5. The summed E-state index contributed by atoms with van der Waals surface area (Å²) in [6.07, 6.45) is 6.94. The molecule has 1 amide bonds. The number of amides is 1. The molecule has 0 aromatic heterocycles. The van der Waals surface area contributed by atoms with E-state index in [4.69, 9.17) is 0 Å². The molecule has 1 heterocycles. The predicted octanol–water partition coefficient (Wildman–Crippen LogP) is 3.40. The molecular weight excluding hydrogens is 238 g/mol. The molecule has 0 saturated carbocycles. The lowest BCUT2D eigenvalue weighted by atomic mass is 10.0. The lowest BCUT2D eigenvalue weighted by Crippen LogP contribution is -2.26. The third kappa shape index (κ3) is 2.65. The van der Waals surface area contributed by atoms with E-state index in [1.807, 2.05) is 24.3 Å². The van der Waals surface area contributed by atoms with Crippen molar-refractivity contribution in [3.8, 4) is 0 Å². The number of carbonyl (C=O) groups is 1. The normalized spacial score (nSPS) is 15.4. The Bertz CT molecular complexity index is 590. The molecule has 1 N–H and O–H groups in total. The van der Waals surface area contributed by atoms with Crippen molar-refractivity contribution in [2.75, 3.05) is 0 Å². The third-order valence-corrected chi connectivity index (χ3v) is 2.80. The van der Waals surface area contributed by atoms with Crippen LogP contribution in [0, 0.1) is 0 Å². The summed E-state index contributed by atoms with van der Waals surface area (Å²) in [7, 11) is 0. The van der Waals surface area contributed by atoms with Crippen LogP contribution in [0.1, 0.15) is 12.5 Å². The molecule has 0 unspecified atom stereocenters. The van der Waals surface area contributed by atoms with Gasteiger partial charge in [0.05, 0.1) is 5.57 Å². The van der Waals surface area contributed by atoms with Crippen LogP contribution in [0.15, 0.2) is 72.8 Å². The molecule has 0 radical (unpaired) electrons. The Labute approximate surface area is 112 Å². The SMILES string of the molecule is C=C1C=CC=CN1C(=O)/C(=C(\C)O)c1ccccc1. The summed E-state index contributed by atoms with van der Waals surface area (Å²) < 4.78 is 0. The molecule has 0 aliphatic carbocycles. The summed E-state index contributed by atoms with van der Waals surface area (Å²) in [4.78, 5) is 13.9. The monoisotopic (exact) mass is 253 g/mol. The maximum Gasteiger partial charge on any atom is 0.266 e. The van der Waals surface area contributed by atoms with Gasteiger partial charge in [-0.05, 0) is 24.6 Å². The lowest BCUT2D eigenvalue weighted by Gasteiger charge is -2.22. The van der Waals surface area contributed by atoms with Gasteiger partial charge >= 0.3 is 0 Å². The number of rotatable bonds is 2. The van der Waals surface area contributed by atoms with Gasteiger partial charge < -0.3 is 5.11 Å². The largest absolute Gasteiger partial charge is 0.512 e. The highest BCUT2D eigenvalue weighted by molar-refractivity contribution is 6.21. The molecule has 0 spiro atoms. The average molecular weight is 253 g/mol. The minimum absolute atomic E-state index is 0.00745. The van der Waals surface area contributed by atoms with E-state index in [9.17, 15) is 9.90 Å². The zero-order valence-corrected chi connectivity index (χ0v) is 10.7. The van der Waals surface area contributed by atoms with E-state index in [1.54, 1.807) is 30.5 Å². The van der Waals surface area contributed by atoms with Crippen LogP contribution in [-0.2, 0) is 4.79 Å². The Balaban J connectivity index is 2.40. The zero-order valence-electron chi connectivity index (χ0n) is 10.7. The molecule has 3 nitrogen and oxygen atoms in total. The highest BCUT2D eigenvalue weighted by atomic mass is 16.3. The Morgan fingerprint density at radius 3 is 2.47 bits per heavy atom. The number of aliphatic hydroxyl groups is 1. The number of allylic oxidation sites excluding steroid dienone is 4. The Hall–Kier alpha value is -2.55. The molecule has 0 saturated heterocycles. The van der Waals surface area contributed by atoms with Gasteiger partial charge in [-0.3, -0.25) is 9.69 Å². The van der Waals surface area contributed by atoms with E-state index in [2.05, 4.69) is 6.58 Å². The molecule has 3 heteroatoms. The Morgan fingerprint density at radius 1 is 1.21 bits per heavy atom. The van der Waals surface area contributed by atoms with E-state index in [0.717, 1.165) is 0 Å². The maximum atomic E-state index is 12.5. The van der Waals surface area contributed by atoms with Crippen molar-refractivity contribution in [1.82, 2.24) is 4.90 Å². The minimum Gasteiger partial charge on any atom is -0.512 e. The van der Waals surface area contributed by atoms with E-state index < -0.39 is 0 Å². The number of nitrogens with zero attached hydrogens (tertiary/aromatic N) is 1. The second-order valence-corrected chi connectivity index (χ2v) is 4.19. The topological polar surface area (TPSA) is 40.5 Å². The van der Waals surface area contributed by atoms with Crippen LogP contribution < -0.4 is 0 Å². The highest BCUT2D eigenvalue weighted by Crippen LogP contribution is 2.23. The van der Waals surface area contributed by atoms with Crippen LogP contribution in [0.2, 0.25) is 0 Å². The van der Waals surface area contributed by atoms with Gasteiger partial charge in [0.2, 0.25) is 0 Å². The fourth-order valence-electron chi connectivity index (χ4n) is 1.89. The van der Waals surface area contributed by atoms with Gasteiger partial charge in [0.25, 0.3) is 5.91 Å². The van der Waals surface area contributed by atoms with E-state index in [0.29, 0.717) is 11.3 Å². The Morgan fingerprint density at radius 2 is 1.89 bits per heavy atom. The summed E-state index contributed by atoms with van der Waals surface area (Å²) in [5.41, 5.74) is 1.53. The van der Waals surface area contributed by atoms with Gasteiger partial charge in [0, 0.05) is 11.9 Å². The molecule has 1 aliphatic heterocycles. The molecule has 0 fully saturated rings. The molecule has 96 valence electrons. The van der Waals surface area contributed by atoms with Gasteiger partial charge in [-0.15, -0.1) is 0 Å². The number of hydrogen-bond acceptors (Lipinski definition) is 2. The quantitative estimate of drug-likeness (QED) is 0.648. The van der Waals surface area contributed by atoms with Crippen LogP contribution >= 0.6 is 0 Å². The van der Waals surface area contributed by atoms with Gasteiger partial charge in [0.15, 0.2) is 0 Å². The molecule has 1 aromatic carbocycles. The van der Waals surface area contributed by atoms with Gasteiger partial charge in [-0.2, -0.15) is 0 Å². The van der Waals surface area contributed by atoms with Gasteiger partial charge in [-0.25, -0.2) is 0 Å². The molecule has 1 aromatic rings. The van der Waals surface area contributed by atoms with Crippen molar-refractivity contribution < 1.29 is 9.90 Å². The van der Waals surface area contributed by atoms with Crippen LogP contribution in [0.3, 0.4) is 0 Å². The molecule has 0 atom stereocenters. The van der Waals surface area contributed by atoms with Crippen LogP contribution in [0.25, 0.3) is 5.57 Å². The number of hydrogen-bond donors (Lipinski definition) is 1. The standard InChI is InChI=1S/C16H15NO2/c1-12-8-6-7-11-17(12)16(19)15(13(2)18)14-9-4-3-5-10-14/h3-11,18H,1H2,2H3/b15-13+. The molecule has 0 bridgehead atoms. The zero-order chi connectivity index (χ0) is 13.8. The second-order valence-electron chi connectivity index (χ2n) is 4.19. The van der Waals surface area contributed by atoms with Crippen LogP contribution in [0.4, 0.5) is 0 Å². The summed E-state index contributed by atoms with van der Waals surface area (Å²) in [6, 6.07) is 9.10. The van der Waals surface area contributed by atoms with Crippen molar-refractivity contribution in [2.24, 2.45) is 0 Å². The van der Waals surface area contributed by atoms with Crippen LogP contribution in [-0.4, -0.2) is 15.9 Å². The molecule has 19 heavy (non-hydrogen) atoms. The first kappa shape index (κ1) is 12.9. The summed E-state index contributed by atoms with van der Waals surface area (Å²) in [6.45, 7) is 5.32. The summed E-state index contributed by atoms with van der Waals surface area (Å²) in [5, 5.41) is 9.81. The van der Waals surface area contributed by atoms with E-state index in [1.165, 1.54) is 11.8 Å². The van der Waals surface area contributed by atoms with Crippen LogP contribution in [0.5, 0.6) is 0 Å². The van der Waals surface area contributed by atoms with Crippen molar-refractivity contribution in [1.29, 1.82) is 0 Å². The molecule has 2 rings (SSSR count). The predicted molar refractivity (Wildman–Crippen MR) is 75.9 cm³/mol. The van der Waals surface area contributed by atoms with Crippen molar-refractivity contribution >= 4 is 11.5 Å². The first-order valence-electron chi connectivity index (χ1n) is 5.94. The van der Waals surface area contributed by atoms with Crippen molar-refractivity contribution in [2.45, 2.75) is 6.92 Å². The molecular formula is C16H15NO2. The first-order chi connectivity index (χ1) is 9.11. The fraction of sp³-hybridized carbons (Fsp3) is 0.0625. The first-order valence-corrected chi connectivity index (χ1v) is 5.94. The Kier molecular flexibility index (Phi) is 3.66. The smallest absolute Gasteiger partial charge is 0.266 e. The summed E-state index contributed by atoms with van der Waals surface area (Å²) >= 11 is 0. The van der Waals surface area contributed by atoms with E-state index in [-0.39, 0.29) is 17.2 Å². The third-order valence-electron chi connectivity index (χ3n) is 2.80. The lowest BCUT2D eigenvalue weighted by molar-refractivity contribution is -0.121. The fourth-order valence-corrected chi connectivity index (χ4v) is 1.89. The summed E-state index contributed by atoms with van der Waals surface area (Å²) in [5.74, 6) is -0.302. The number of aliphatic hydroxyl groups excluding tert-OH is 1. The van der Waals surface area contributed by atoms with E-state index >= 15 is 0 Å². The highest BCUT2D eigenvalue weighted by Gasteiger charge is 2.22. The van der Waals surface area contributed by atoms with Crippen molar-refractivity contribution in [3.63, 3.8) is 0 Å². The number of carbonyl (C=O) groups excluding carboxylic acids is 1. The second kappa shape index (κ2) is 5.40. The minimum atomic E-state index is -0.295. The van der Waals surface area contributed by atoms with Gasteiger partial charge in [-0.1, -0.05) is 43.0 Å². The molecule has 1 aliphatic rings. The number of benzene rings is 1. The van der Waals surface area contributed by atoms with Gasteiger partial charge in [0.1, 0.15) is 5.76 Å². The average Bonchev–Trinajstić information content (AvgIpc) is 2.40.